The van der Waals surface area contributed by atoms with E-state index in [2.05, 4.69) is 20.0 Å². The van der Waals surface area contributed by atoms with Gasteiger partial charge in [0.2, 0.25) is 0 Å². The number of benzene rings is 2. The fourth-order valence-electron chi connectivity index (χ4n) is 4.54. The molecular weight excluding hydrogens is 534 g/mol. The average molecular weight is 562 g/mol. The first-order valence-corrected chi connectivity index (χ1v) is 12.6. The lowest BCUT2D eigenvalue weighted by Gasteiger charge is -2.26. The van der Waals surface area contributed by atoms with Gasteiger partial charge in [-0.25, -0.2) is 14.2 Å². The van der Waals surface area contributed by atoms with Crippen LogP contribution in [0.25, 0.3) is 11.0 Å². The Hall–Kier alpha value is -4.09. The Balaban J connectivity index is 1.48. The maximum Gasteiger partial charge on any atom is 0.490 e. The van der Waals surface area contributed by atoms with E-state index in [0.717, 1.165) is 0 Å². The summed E-state index contributed by atoms with van der Waals surface area (Å²) < 4.78 is 61.9. The van der Waals surface area contributed by atoms with Crippen LogP contribution in [0.4, 0.5) is 17.6 Å². The molecule has 2 aromatic carbocycles. The summed E-state index contributed by atoms with van der Waals surface area (Å²) in [5.74, 6) is -4.65. The maximum atomic E-state index is 13.9. The van der Waals surface area contributed by atoms with E-state index in [0.29, 0.717) is 16.6 Å². The van der Waals surface area contributed by atoms with E-state index in [1.165, 1.54) is 38.2 Å². The van der Waals surface area contributed by atoms with Crippen LogP contribution in [0.5, 0.6) is 0 Å². The first-order valence-electron chi connectivity index (χ1n) is 12.6. The molecule has 1 aliphatic rings. The van der Waals surface area contributed by atoms with Crippen molar-refractivity contribution in [3.63, 3.8) is 0 Å². The average Bonchev–Trinajstić information content (AvgIpc) is 3.26. The van der Waals surface area contributed by atoms with Gasteiger partial charge in [0, 0.05) is 0 Å². The molecule has 1 fully saturated rings. The van der Waals surface area contributed by atoms with Crippen molar-refractivity contribution >= 4 is 28.9 Å². The number of carbonyl (C=O) groups is 3. The fraction of sp³-hybridized carbons (Fsp3) is 0.393. The molecule has 1 N–H and O–H groups in total. The highest BCUT2D eigenvalue weighted by atomic mass is 19.4. The summed E-state index contributed by atoms with van der Waals surface area (Å²) in [6.45, 7) is 2.65. The Morgan fingerprint density at radius 1 is 1.12 bits per heavy atom. The van der Waals surface area contributed by atoms with Gasteiger partial charge in [-0.2, -0.15) is 13.2 Å². The van der Waals surface area contributed by atoms with Crippen molar-refractivity contribution in [2.75, 3.05) is 0 Å². The van der Waals surface area contributed by atoms with E-state index in [9.17, 15) is 31.9 Å². The minimum absolute atomic E-state index is 0.0328. The van der Waals surface area contributed by atoms with Gasteiger partial charge in [0.1, 0.15) is 23.2 Å². The number of hydrogen-bond acceptors (Lipinski definition) is 7. The Labute approximate surface area is 227 Å². The second-order valence-corrected chi connectivity index (χ2v) is 10.3. The molecule has 0 aliphatic carbocycles. The van der Waals surface area contributed by atoms with E-state index in [1.807, 2.05) is 0 Å². The minimum atomic E-state index is -5.13. The van der Waals surface area contributed by atoms with Gasteiger partial charge in [-0.3, -0.25) is 14.6 Å². The lowest BCUT2D eigenvalue weighted by molar-refractivity contribution is -0.212. The molecule has 3 aromatic rings. The number of esters is 2. The summed E-state index contributed by atoms with van der Waals surface area (Å²) >= 11 is 0. The summed E-state index contributed by atoms with van der Waals surface area (Å²) in [7, 11) is 0. The molecule has 4 rings (SSSR count). The number of hydrogen-bond donors (Lipinski definition) is 1. The first-order chi connectivity index (χ1) is 18.8. The molecule has 2 heterocycles. The SMILES string of the molecule is CC(C)(CCC1CC(C(Cc2cccc(F)c2)NC(=O)c2cnc3ccccc3n2)OC1=O)OC(=O)C(F)(F)F. The van der Waals surface area contributed by atoms with E-state index in [4.69, 9.17) is 4.74 Å². The quantitative estimate of drug-likeness (QED) is 0.298. The van der Waals surface area contributed by atoms with Crippen LogP contribution >= 0.6 is 0 Å². The number of nitrogens with zero attached hydrogens (tertiary/aromatic N) is 2. The van der Waals surface area contributed by atoms with Crippen molar-refractivity contribution in [2.45, 2.75) is 63.5 Å². The van der Waals surface area contributed by atoms with Crippen molar-refractivity contribution in [3.05, 3.63) is 71.8 Å². The summed E-state index contributed by atoms with van der Waals surface area (Å²) in [5, 5.41) is 2.83. The number of cyclic esters (lactones) is 1. The number of carbonyl (C=O) groups excluding carboxylic acids is 3. The van der Waals surface area contributed by atoms with Gasteiger partial charge >= 0.3 is 18.1 Å². The number of halogens is 4. The number of alkyl halides is 3. The monoisotopic (exact) mass is 561 g/mol. The normalized spacial score (nSPS) is 18.3. The molecule has 0 saturated carbocycles. The molecule has 3 unspecified atom stereocenters. The number of aromatic nitrogens is 2. The molecule has 1 aromatic heterocycles. The highest BCUT2D eigenvalue weighted by Crippen LogP contribution is 2.32. The first kappa shape index (κ1) is 28.9. The van der Waals surface area contributed by atoms with Crippen LogP contribution in [-0.2, 0) is 25.5 Å². The molecule has 0 radical (unpaired) electrons. The Kier molecular flexibility index (Phi) is 8.36. The molecule has 1 amide bonds. The molecule has 0 spiro atoms. The van der Waals surface area contributed by atoms with Gasteiger partial charge in [-0.1, -0.05) is 24.3 Å². The lowest BCUT2D eigenvalue weighted by Crippen LogP contribution is -2.45. The zero-order valence-corrected chi connectivity index (χ0v) is 21.7. The zero-order chi connectivity index (χ0) is 29.1. The summed E-state index contributed by atoms with van der Waals surface area (Å²) in [6, 6.07) is 12.0. The number of para-hydroxylation sites is 2. The number of fused-ring (bicyclic) bond motifs is 1. The third-order valence-corrected chi connectivity index (χ3v) is 6.60. The molecule has 3 atom stereocenters. The summed E-state index contributed by atoms with van der Waals surface area (Å²) in [4.78, 5) is 45.7. The highest BCUT2D eigenvalue weighted by Gasteiger charge is 2.45. The molecule has 212 valence electrons. The summed E-state index contributed by atoms with van der Waals surface area (Å²) in [6.07, 6.45) is -4.29. The molecule has 8 nitrogen and oxygen atoms in total. The number of rotatable bonds is 9. The Bertz CT molecular complexity index is 1410. The van der Waals surface area contributed by atoms with Crippen LogP contribution in [-0.4, -0.2) is 51.7 Å². The van der Waals surface area contributed by atoms with Crippen molar-refractivity contribution in [1.29, 1.82) is 0 Å². The number of nitrogens with one attached hydrogen (secondary N) is 1. The van der Waals surface area contributed by atoms with Crippen LogP contribution in [0.2, 0.25) is 0 Å². The standard InChI is InChI=1S/C28H27F4N3O5/c1-27(2,40-26(38)28(30,31)32)11-10-17-14-23(39-25(17)37)21(13-16-6-5-7-18(29)12-16)35-24(36)22-15-33-19-8-3-4-9-20(19)34-22/h3-9,12,15,17,21,23H,10-11,13-14H2,1-2H3,(H,35,36). The van der Waals surface area contributed by atoms with Crippen LogP contribution in [0.3, 0.4) is 0 Å². The molecule has 0 bridgehead atoms. The zero-order valence-electron chi connectivity index (χ0n) is 21.7. The largest absolute Gasteiger partial charge is 0.490 e. The van der Waals surface area contributed by atoms with Gasteiger partial charge in [0.15, 0.2) is 0 Å². The van der Waals surface area contributed by atoms with Crippen molar-refractivity contribution < 1.29 is 41.4 Å². The Morgan fingerprint density at radius 2 is 1.85 bits per heavy atom. The van der Waals surface area contributed by atoms with Gasteiger partial charge in [-0.15, -0.1) is 0 Å². The summed E-state index contributed by atoms with van der Waals surface area (Å²) in [5.41, 5.74) is 0.228. The van der Waals surface area contributed by atoms with Crippen LogP contribution in [0.15, 0.2) is 54.7 Å². The highest BCUT2D eigenvalue weighted by molar-refractivity contribution is 5.94. The number of ether oxygens (including phenoxy) is 2. The molecular formula is C28H27F4N3O5. The van der Waals surface area contributed by atoms with Crippen molar-refractivity contribution in [2.24, 2.45) is 5.92 Å². The van der Waals surface area contributed by atoms with Crippen LogP contribution in [0.1, 0.15) is 49.2 Å². The molecule has 1 saturated heterocycles. The van der Waals surface area contributed by atoms with E-state index >= 15 is 0 Å². The second-order valence-electron chi connectivity index (χ2n) is 10.3. The molecule has 12 heteroatoms. The topological polar surface area (TPSA) is 107 Å². The third kappa shape index (κ3) is 7.30. The van der Waals surface area contributed by atoms with E-state index < -0.39 is 53.5 Å². The smallest absolute Gasteiger partial charge is 0.460 e. The number of amides is 1. The predicted molar refractivity (Wildman–Crippen MR) is 134 cm³/mol. The van der Waals surface area contributed by atoms with Gasteiger partial charge in [-0.05, 0) is 69.4 Å². The lowest BCUT2D eigenvalue weighted by atomic mass is 9.90. The third-order valence-electron chi connectivity index (χ3n) is 6.60. The predicted octanol–water partition coefficient (Wildman–Crippen LogP) is 4.71. The van der Waals surface area contributed by atoms with E-state index in [-0.39, 0.29) is 31.4 Å². The second kappa shape index (κ2) is 11.6. The van der Waals surface area contributed by atoms with Gasteiger partial charge in [0.05, 0.1) is 29.2 Å². The van der Waals surface area contributed by atoms with E-state index in [1.54, 1.807) is 30.3 Å². The maximum absolute atomic E-state index is 13.9. The molecule has 40 heavy (non-hydrogen) atoms. The van der Waals surface area contributed by atoms with Crippen molar-refractivity contribution in [1.82, 2.24) is 15.3 Å². The Morgan fingerprint density at radius 3 is 2.55 bits per heavy atom. The van der Waals surface area contributed by atoms with Gasteiger partial charge < -0.3 is 14.8 Å². The van der Waals surface area contributed by atoms with Gasteiger partial charge in [0.25, 0.3) is 5.91 Å². The minimum Gasteiger partial charge on any atom is -0.460 e. The van der Waals surface area contributed by atoms with Crippen molar-refractivity contribution in [3.8, 4) is 0 Å². The van der Waals surface area contributed by atoms with Crippen LogP contribution in [0, 0.1) is 11.7 Å². The molecule has 1 aliphatic heterocycles. The fourth-order valence-corrected chi connectivity index (χ4v) is 4.54. The van der Waals surface area contributed by atoms with Crippen LogP contribution < -0.4 is 5.32 Å².